The van der Waals surface area contributed by atoms with Gasteiger partial charge in [0.1, 0.15) is 19.0 Å². The zero-order chi connectivity index (χ0) is 38.0. The van der Waals surface area contributed by atoms with Gasteiger partial charge in [-0.25, -0.2) is 13.2 Å². The van der Waals surface area contributed by atoms with Crippen molar-refractivity contribution in [1.82, 2.24) is 5.32 Å². The van der Waals surface area contributed by atoms with E-state index in [0.29, 0.717) is 82.9 Å². The van der Waals surface area contributed by atoms with E-state index in [9.17, 15) is 31.8 Å². The number of ether oxygens (including phenoxy) is 5. The molecule has 0 fully saturated rings. The molecule has 1 heterocycles. The number of carboxylic acid groups (broad SMARTS) is 1. The van der Waals surface area contributed by atoms with Gasteiger partial charge in [0.15, 0.2) is 11.5 Å². The zero-order valence-electron chi connectivity index (χ0n) is 28.6. The quantitative estimate of drug-likeness (QED) is 0.180. The van der Waals surface area contributed by atoms with Gasteiger partial charge in [0.05, 0.1) is 57.7 Å². The molecule has 3 aromatic carbocycles. The summed E-state index contributed by atoms with van der Waals surface area (Å²) in [6, 6.07) is 20.7. The van der Waals surface area contributed by atoms with Crippen molar-refractivity contribution in [2.24, 2.45) is 0 Å². The van der Waals surface area contributed by atoms with E-state index < -0.39 is 28.3 Å². The summed E-state index contributed by atoms with van der Waals surface area (Å²) in [5, 5.41) is 31.6. The number of fused-ring (bicyclic) bond motifs is 1. The van der Waals surface area contributed by atoms with Crippen LogP contribution in [0, 0.1) is 0 Å². The van der Waals surface area contributed by atoms with E-state index >= 15 is 0 Å². The normalized spacial score (nSPS) is 15.9. The Kier molecular flexibility index (Phi) is 17.4. The number of sulfonamides is 1. The summed E-state index contributed by atoms with van der Waals surface area (Å²) >= 11 is 0. The molecule has 3 aromatic rings. The molecule has 0 saturated heterocycles. The smallest absolute Gasteiger partial charge is 0.490 e. The maximum Gasteiger partial charge on any atom is 0.490 e. The standard InChI is InChI=1S/C33H44N2O9S.C2HF3O2/c1-45(38,39)35-30-22-27(7-9-31(30)37)21-29(36)24-34-28(19-25-5-3-2-4-6-25)20-26-8-10-32-33(23-26)44-18-16-42-14-12-40-11-13-41-15-17-43-32;3-2(4,5)1(6)7/h2-10,22-23,28-29,34-37H,11-21,24H2,1H3;(H,6,7)/t28?,29-;/m0./s1. The van der Waals surface area contributed by atoms with E-state index in [-0.39, 0.29) is 23.9 Å². The second-order valence-electron chi connectivity index (χ2n) is 11.7. The molecule has 0 radical (unpaired) electrons. The number of phenolic OH excluding ortho intramolecular Hbond substituents is 1. The second kappa shape index (κ2) is 21.4. The van der Waals surface area contributed by atoms with Crippen molar-refractivity contribution >= 4 is 21.7 Å². The average molecular weight is 759 g/mol. The monoisotopic (exact) mass is 758 g/mol. The summed E-state index contributed by atoms with van der Waals surface area (Å²) in [7, 11) is -3.56. The average Bonchev–Trinajstić information content (AvgIpc) is 3.08. The number of halogens is 3. The highest BCUT2D eigenvalue weighted by Crippen LogP contribution is 2.30. The molecular weight excluding hydrogens is 713 g/mol. The first-order valence-electron chi connectivity index (χ1n) is 16.4. The van der Waals surface area contributed by atoms with Gasteiger partial charge >= 0.3 is 12.1 Å². The molecule has 1 aliphatic rings. The third-order valence-electron chi connectivity index (χ3n) is 7.24. The molecule has 0 aliphatic carbocycles. The summed E-state index contributed by atoms with van der Waals surface area (Å²) in [6.07, 6.45) is -3.15. The molecule has 0 saturated carbocycles. The van der Waals surface area contributed by atoms with Gasteiger partial charge in [-0.05, 0) is 60.2 Å². The lowest BCUT2D eigenvalue weighted by atomic mass is 9.98. The Hall–Kier alpha value is -4.13. The first-order valence-corrected chi connectivity index (χ1v) is 18.3. The minimum absolute atomic E-state index is 0.0118. The minimum Gasteiger partial charge on any atom is -0.506 e. The molecule has 288 valence electrons. The van der Waals surface area contributed by atoms with Crippen LogP contribution < -0.4 is 19.5 Å². The molecule has 1 aliphatic heterocycles. The number of carbonyl (C=O) groups is 1. The maximum atomic E-state index is 11.7. The largest absolute Gasteiger partial charge is 0.506 e. The fourth-order valence-electron chi connectivity index (χ4n) is 4.91. The van der Waals surface area contributed by atoms with E-state index in [1.165, 1.54) is 12.1 Å². The van der Waals surface area contributed by atoms with Crippen LogP contribution in [0.25, 0.3) is 0 Å². The van der Waals surface area contributed by atoms with Crippen molar-refractivity contribution in [3.05, 3.63) is 83.4 Å². The van der Waals surface area contributed by atoms with Crippen molar-refractivity contribution in [3.8, 4) is 17.2 Å². The highest BCUT2D eigenvalue weighted by molar-refractivity contribution is 7.92. The fraction of sp³-hybridized carbons (Fsp3) is 0.457. The van der Waals surface area contributed by atoms with Crippen LogP contribution in [0.2, 0.25) is 0 Å². The van der Waals surface area contributed by atoms with Gasteiger partial charge in [0.25, 0.3) is 0 Å². The summed E-state index contributed by atoms with van der Waals surface area (Å²) in [5.74, 6) is -1.67. The van der Waals surface area contributed by atoms with E-state index in [1.54, 1.807) is 6.07 Å². The van der Waals surface area contributed by atoms with Crippen LogP contribution in [-0.4, -0.2) is 114 Å². The summed E-state index contributed by atoms with van der Waals surface area (Å²) in [4.78, 5) is 8.90. The molecule has 17 heteroatoms. The number of hydrogen-bond acceptors (Lipinski definition) is 11. The molecule has 5 N–H and O–H groups in total. The van der Waals surface area contributed by atoms with Gasteiger partial charge < -0.3 is 44.3 Å². The van der Waals surface area contributed by atoms with Gasteiger partial charge in [-0.1, -0.05) is 42.5 Å². The number of benzene rings is 3. The molecule has 0 amide bonds. The van der Waals surface area contributed by atoms with E-state index in [4.69, 9.17) is 33.6 Å². The number of aliphatic hydroxyl groups is 1. The molecule has 0 spiro atoms. The van der Waals surface area contributed by atoms with Crippen LogP contribution in [0.3, 0.4) is 0 Å². The molecule has 52 heavy (non-hydrogen) atoms. The lowest BCUT2D eigenvalue weighted by Crippen LogP contribution is -2.39. The van der Waals surface area contributed by atoms with Gasteiger partial charge in [0.2, 0.25) is 10.0 Å². The Morgan fingerprint density at radius 1 is 0.769 bits per heavy atom. The van der Waals surface area contributed by atoms with Crippen molar-refractivity contribution in [1.29, 1.82) is 0 Å². The maximum absolute atomic E-state index is 11.7. The van der Waals surface area contributed by atoms with Crippen molar-refractivity contribution in [2.75, 3.05) is 70.4 Å². The number of alkyl halides is 3. The third-order valence-corrected chi connectivity index (χ3v) is 7.83. The number of rotatable bonds is 11. The number of aliphatic carboxylic acids is 1. The Balaban J connectivity index is 0.000000944. The fourth-order valence-corrected chi connectivity index (χ4v) is 5.48. The highest BCUT2D eigenvalue weighted by Gasteiger charge is 2.38. The first kappa shape index (κ1) is 42.3. The summed E-state index contributed by atoms with van der Waals surface area (Å²) < 4.78 is 86.0. The predicted molar refractivity (Wildman–Crippen MR) is 186 cm³/mol. The van der Waals surface area contributed by atoms with Crippen LogP contribution in [0.15, 0.2) is 66.7 Å². The predicted octanol–water partition coefficient (Wildman–Crippen LogP) is 3.57. The van der Waals surface area contributed by atoms with Gasteiger partial charge in [-0.15, -0.1) is 0 Å². The van der Waals surface area contributed by atoms with Gasteiger partial charge in [-0.2, -0.15) is 13.2 Å². The Labute approximate surface area is 300 Å². The van der Waals surface area contributed by atoms with Crippen molar-refractivity contribution in [2.45, 2.75) is 37.6 Å². The number of anilines is 1. The number of hydrogen-bond donors (Lipinski definition) is 5. The van der Waals surface area contributed by atoms with E-state index in [1.807, 2.05) is 36.4 Å². The number of nitrogens with one attached hydrogen (secondary N) is 2. The number of carboxylic acids is 1. The first-order chi connectivity index (χ1) is 24.7. The lowest BCUT2D eigenvalue weighted by Gasteiger charge is -2.22. The third kappa shape index (κ3) is 16.9. The second-order valence-corrected chi connectivity index (χ2v) is 13.4. The molecule has 1 unspecified atom stereocenters. The summed E-state index contributed by atoms with van der Waals surface area (Å²) in [6.45, 7) is 3.90. The Bertz CT molecular complexity index is 1630. The highest BCUT2D eigenvalue weighted by atomic mass is 32.2. The Morgan fingerprint density at radius 2 is 1.29 bits per heavy atom. The van der Waals surface area contributed by atoms with Crippen LogP contribution in [0.1, 0.15) is 16.7 Å². The van der Waals surface area contributed by atoms with Crippen molar-refractivity contribution < 1.29 is 65.4 Å². The number of aromatic hydroxyl groups is 1. The lowest BCUT2D eigenvalue weighted by molar-refractivity contribution is -0.192. The summed E-state index contributed by atoms with van der Waals surface area (Å²) in [5.41, 5.74) is 2.97. The number of aliphatic hydroxyl groups excluding tert-OH is 1. The molecule has 2 atom stereocenters. The SMILES string of the molecule is CS(=O)(=O)Nc1cc(C[C@H](O)CNC(Cc2ccccc2)Cc2ccc3c(c2)OCCOCCOCCOCCO3)ccc1O.O=C(O)C(F)(F)F. The van der Waals surface area contributed by atoms with Gasteiger partial charge in [0, 0.05) is 12.6 Å². The molecular formula is C35H45F3N2O11S. The topological polar surface area (TPSA) is 182 Å². The van der Waals surface area contributed by atoms with E-state index in [2.05, 4.69) is 22.2 Å². The van der Waals surface area contributed by atoms with Crippen LogP contribution in [0.5, 0.6) is 17.2 Å². The minimum atomic E-state index is -5.08. The van der Waals surface area contributed by atoms with Crippen molar-refractivity contribution in [3.63, 3.8) is 0 Å². The Morgan fingerprint density at radius 3 is 1.87 bits per heavy atom. The molecule has 13 nitrogen and oxygen atoms in total. The number of phenols is 1. The van der Waals surface area contributed by atoms with Gasteiger partial charge in [-0.3, -0.25) is 4.72 Å². The van der Waals surface area contributed by atoms with E-state index in [0.717, 1.165) is 23.8 Å². The van der Waals surface area contributed by atoms with Crippen LogP contribution in [0.4, 0.5) is 18.9 Å². The molecule has 0 aromatic heterocycles. The zero-order valence-corrected chi connectivity index (χ0v) is 29.5. The van der Waals surface area contributed by atoms with Crippen LogP contribution >= 0.6 is 0 Å². The molecule has 0 bridgehead atoms. The molecule has 4 rings (SSSR count). The van der Waals surface area contributed by atoms with Crippen LogP contribution in [-0.2, 0) is 48.3 Å².